The van der Waals surface area contributed by atoms with Gasteiger partial charge in [-0.25, -0.2) is 0 Å². The Kier molecular flexibility index (Phi) is 3.63. The van der Waals surface area contributed by atoms with Crippen molar-refractivity contribution in [3.05, 3.63) is 82.9 Å². The maximum atomic E-state index is 13.5. The fourth-order valence-electron chi connectivity index (χ4n) is 4.05. The van der Waals surface area contributed by atoms with E-state index in [1.807, 2.05) is 35.0 Å². The van der Waals surface area contributed by atoms with Crippen LogP contribution in [0.4, 0.5) is 8.63 Å². The van der Waals surface area contributed by atoms with E-state index in [1.165, 1.54) is 6.20 Å². The van der Waals surface area contributed by atoms with Gasteiger partial charge in [0.1, 0.15) is 5.75 Å². The van der Waals surface area contributed by atoms with Gasteiger partial charge in [-0.15, -0.1) is 0 Å². The molecule has 3 aromatic rings. The SMILES string of the molecule is CC(C)c1ccc2c(c1)OC1C(=C(c3cccn3B(F)F)c3cccn31)C2=O. The third kappa shape index (κ3) is 2.25. The molecule has 4 nitrogen and oxygen atoms in total. The number of carbonyl (C=O) groups excluding carboxylic acids is 1. The molecule has 0 saturated heterocycles. The van der Waals surface area contributed by atoms with Gasteiger partial charge in [-0.2, -0.15) is 0 Å². The van der Waals surface area contributed by atoms with Crippen molar-refractivity contribution in [2.75, 3.05) is 0 Å². The lowest BCUT2D eigenvalue weighted by atomic mass is 9.91. The molecule has 4 heterocycles. The fourth-order valence-corrected chi connectivity index (χ4v) is 4.05. The number of Topliss-reactive ketones (excluding diaryl/α,β-unsaturated/α-hetero) is 1. The molecule has 0 saturated carbocycles. The molecule has 0 aliphatic carbocycles. The van der Waals surface area contributed by atoms with Crippen LogP contribution in [0.15, 0.2) is 60.4 Å². The predicted molar refractivity (Wildman–Crippen MR) is 103 cm³/mol. The number of aromatic nitrogens is 2. The van der Waals surface area contributed by atoms with Crippen LogP contribution in [-0.2, 0) is 0 Å². The number of carbonyl (C=O) groups is 1. The molecule has 0 N–H and O–H groups in total. The number of fused-ring (bicyclic) bond motifs is 4. The first-order valence-corrected chi connectivity index (χ1v) is 9.19. The predicted octanol–water partition coefficient (Wildman–Crippen LogP) is 4.77. The number of rotatable bonds is 3. The van der Waals surface area contributed by atoms with Gasteiger partial charge in [-0.3, -0.25) is 13.4 Å². The van der Waals surface area contributed by atoms with Crippen LogP contribution in [0, 0.1) is 0 Å². The average Bonchev–Trinajstić information content (AvgIpc) is 3.37. The molecule has 1 aromatic carbocycles. The molecule has 140 valence electrons. The third-order valence-corrected chi connectivity index (χ3v) is 5.45. The zero-order valence-electron chi connectivity index (χ0n) is 15.4. The molecule has 28 heavy (non-hydrogen) atoms. The normalized spacial score (nSPS) is 17.5. The van der Waals surface area contributed by atoms with Gasteiger partial charge in [0.15, 0.2) is 5.78 Å². The van der Waals surface area contributed by atoms with Gasteiger partial charge in [-0.1, -0.05) is 19.9 Å². The molecule has 0 bridgehead atoms. The lowest BCUT2D eigenvalue weighted by Crippen LogP contribution is -2.25. The van der Waals surface area contributed by atoms with Gasteiger partial charge < -0.3 is 13.8 Å². The maximum Gasteiger partial charge on any atom is 0.677 e. The Morgan fingerprint density at radius 3 is 2.57 bits per heavy atom. The summed E-state index contributed by atoms with van der Waals surface area (Å²) in [5.74, 6) is 0.661. The lowest BCUT2D eigenvalue weighted by Gasteiger charge is -2.27. The van der Waals surface area contributed by atoms with Crippen LogP contribution in [0.1, 0.15) is 53.3 Å². The van der Waals surface area contributed by atoms with Crippen molar-refractivity contribution in [1.82, 2.24) is 9.05 Å². The highest BCUT2D eigenvalue weighted by molar-refractivity contribution is 6.41. The molecule has 1 atom stereocenters. The summed E-state index contributed by atoms with van der Waals surface area (Å²) in [6.45, 7) is 4.15. The number of hydrogen-bond acceptors (Lipinski definition) is 2. The molecule has 2 aliphatic heterocycles. The summed E-state index contributed by atoms with van der Waals surface area (Å²) in [6.07, 6.45) is 2.49. The van der Waals surface area contributed by atoms with Crippen LogP contribution < -0.4 is 4.74 Å². The second kappa shape index (κ2) is 5.96. The first kappa shape index (κ1) is 17.0. The summed E-state index contributed by atoms with van der Waals surface area (Å²) in [7, 11) is -2.69. The quantitative estimate of drug-likeness (QED) is 0.616. The van der Waals surface area contributed by atoms with Crippen molar-refractivity contribution in [3.8, 4) is 5.75 Å². The minimum Gasteiger partial charge on any atom is -0.465 e. The Balaban J connectivity index is 1.74. The highest BCUT2D eigenvalue weighted by Gasteiger charge is 2.43. The monoisotopic (exact) mass is 378 g/mol. The molecule has 2 aliphatic rings. The second-order valence-corrected chi connectivity index (χ2v) is 7.38. The Bertz CT molecular complexity index is 1140. The topological polar surface area (TPSA) is 36.2 Å². The molecule has 2 aromatic heterocycles. The van der Waals surface area contributed by atoms with Crippen LogP contribution in [-0.4, -0.2) is 22.2 Å². The van der Waals surface area contributed by atoms with E-state index in [-0.39, 0.29) is 5.78 Å². The summed E-state index contributed by atoms with van der Waals surface area (Å²) in [5.41, 5.74) is 3.47. The van der Waals surface area contributed by atoms with Crippen LogP contribution in [0.2, 0.25) is 0 Å². The fraction of sp³-hybridized carbons (Fsp3) is 0.190. The molecule has 1 unspecified atom stereocenters. The number of halogens is 2. The van der Waals surface area contributed by atoms with Crippen molar-refractivity contribution in [2.45, 2.75) is 26.0 Å². The summed E-state index contributed by atoms with van der Waals surface area (Å²) >= 11 is 0. The smallest absolute Gasteiger partial charge is 0.465 e. The van der Waals surface area contributed by atoms with Gasteiger partial charge in [0.25, 0.3) is 0 Å². The van der Waals surface area contributed by atoms with Gasteiger partial charge >= 0.3 is 7.40 Å². The van der Waals surface area contributed by atoms with E-state index < -0.39 is 13.6 Å². The molecular weight excluding hydrogens is 361 g/mol. The van der Waals surface area contributed by atoms with Crippen LogP contribution in [0.3, 0.4) is 0 Å². The van der Waals surface area contributed by atoms with Gasteiger partial charge in [0.05, 0.1) is 16.8 Å². The molecule has 7 heteroatoms. The summed E-state index contributed by atoms with van der Waals surface area (Å²) in [5, 5.41) is 0. The molecule has 0 spiro atoms. The second-order valence-electron chi connectivity index (χ2n) is 7.38. The van der Waals surface area contributed by atoms with Crippen molar-refractivity contribution in [1.29, 1.82) is 0 Å². The summed E-state index contributed by atoms with van der Waals surface area (Å²) < 4.78 is 36.0. The minimum absolute atomic E-state index is 0.178. The molecular formula is C21H17BF2N2O2. The summed E-state index contributed by atoms with van der Waals surface area (Å²) in [6, 6.07) is 12.4. The van der Waals surface area contributed by atoms with Crippen molar-refractivity contribution >= 4 is 18.8 Å². The van der Waals surface area contributed by atoms with Crippen molar-refractivity contribution < 1.29 is 18.2 Å². The van der Waals surface area contributed by atoms with Gasteiger partial charge in [0.2, 0.25) is 6.23 Å². The largest absolute Gasteiger partial charge is 0.677 e. The lowest BCUT2D eigenvalue weighted by molar-refractivity contribution is 0.0912. The first-order valence-electron chi connectivity index (χ1n) is 9.19. The van der Waals surface area contributed by atoms with E-state index in [0.29, 0.717) is 39.8 Å². The number of ketones is 1. The first-order chi connectivity index (χ1) is 13.5. The molecule has 0 amide bonds. The third-order valence-electron chi connectivity index (χ3n) is 5.45. The molecule has 0 fully saturated rings. The summed E-state index contributed by atoms with van der Waals surface area (Å²) in [4.78, 5) is 13.4. The number of ether oxygens (including phenoxy) is 1. The van der Waals surface area contributed by atoms with Gasteiger partial charge in [-0.05, 0) is 54.1 Å². The molecule has 5 rings (SSSR count). The Morgan fingerprint density at radius 1 is 1.07 bits per heavy atom. The van der Waals surface area contributed by atoms with Gasteiger partial charge in [0, 0.05) is 17.5 Å². The average molecular weight is 378 g/mol. The van der Waals surface area contributed by atoms with E-state index >= 15 is 0 Å². The van der Waals surface area contributed by atoms with Crippen molar-refractivity contribution in [3.63, 3.8) is 0 Å². The van der Waals surface area contributed by atoms with Crippen molar-refractivity contribution in [2.24, 2.45) is 0 Å². The highest BCUT2D eigenvalue weighted by atomic mass is 19.2. The Morgan fingerprint density at radius 2 is 1.82 bits per heavy atom. The van der Waals surface area contributed by atoms with Crippen LogP contribution >= 0.6 is 0 Å². The van der Waals surface area contributed by atoms with Crippen LogP contribution in [0.5, 0.6) is 5.75 Å². The van der Waals surface area contributed by atoms with E-state index in [1.54, 1.807) is 18.2 Å². The zero-order valence-corrected chi connectivity index (χ0v) is 15.4. The standard InChI is InChI=1S/C21H17BF2N2O2/c1-12(2)13-7-8-14-17(11-13)28-21-19(20(14)27)18(15-5-3-9-25(15)21)16-6-4-10-26(16)22(23)24/h3-12,21H,1-2H3. The molecule has 0 radical (unpaired) electrons. The number of nitrogens with zero attached hydrogens (tertiary/aromatic N) is 2. The number of benzene rings is 1. The van der Waals surface area contributed by atoms with E-state index in [2.05, 4.69) is 13.8 Å². The van der Waals surface area contributed by atoms with E-state index in [0.717, 1.165) is 10.0 Å². The number of hydrogen-bond donors (Lipinski definition) is 0. The highest BCUT2D eigenvalue weighted by Crippen LogP contribution is 2.47. The van der Waals surface area contributed by atoms with Crippen LogP contribution in [0.25, 0.3) is 5.57 Å². The van der Waals surface area contributed by atoms with E-state index in [4.69, 9.17) is 4.74 Å². The van der Waals surface area contributed by atoms with E-state index in [9.17, 15) is 13.4 Å². The Hall–Kier alpha value is -3.09. The minimum atomic E-state index is -2.69. The Labute approximate surface area is 161 Å². The maximum absolute atomic E-state index is 13.5. The zero-order chi connectivity index (χ0) is 19.6.